The molecule has 0 aromatic heterocycles. The summed E-state index contributed by atoms with van der Waals surface area (Å²) in [5.41, 5.74) is 4.32. The van der Waals surface area contributed by atoms with Crippen molar-refractivity contribution in [2.24, 2.45) is 0 Å². The molecule has 0 bridgehead atoms. The van der Waals surface area contributed by atoms with Crippen molar-refractivity contribution >= 4 is 15.4 Å². The molecule has 0 aliphatic carbocycles. The molecule has 0 unspecified atom stereocenters. The van der Waals surface area contributed by atoms with E-state index in [-0.39, 0.29) is 0 Å². The zero-order valence-electron chi connectivity index (χ0n) is 7.15. The highest BCUT2D eigenvalue weighted by atomic mass is 28.1. The molecule has 1 heteroatoms. The van der Waals surface area contributed by atoms with E-state index in [4.69, 9.17) is 0 Å². The van der Waals surface area contributed by atoms with Crippen molar-refractivity contribution < 1.29 is 0 Å². The summed E-state index contributed by atoms with van der Waals surface area (Å²) in [6.45, 7) is 6.55. The Morgan fingerprint density at radius 1 is 1.10 bits per heavy atom. The van der Waals surface area contributed by atoms with Crippen molar-refractivity contribution in [2.45, 2.75) is 20.8 Å². The molecule has 1 aromatic carbocycles. The van der Waals surface area contributed by atoms with Gasteiger partial charge in [-0.3, -0.25) is 0 Å². The molecular weight excluding hydrogens is 136 g/mol. The van der Waals surface area contributed by atoms with E-state index in [9.17, 15) is 0 Å². The minimum Gasteiger partial charge on any atom is -0.0674 e. The first-order valence-electron chi connectivity index (χ1n) is 3.65. The fourth-order valence-corrected chi connectivity index (χ4v) is 2.10. The summed E-state index contributed by atoms with van der Waals surface area (Å²) in [6.07, 6.45) is 0. The quantitative estimate of drug-likeness (QED) is 0.475. The van der Waals surface area contributed by atoms with E-state index in [2.05, 4.69) is 32.9 Å². The molecule has 0 nitrogen and oxygen atoms in total. The average molecular weight is 150 g/mol. The molecule has 0 N–H and O–H groups in total. The summed E-state index contributed by atoms with van der Waals surface area (Å²) in [7, 11) is 1.17. The van der Waals surface area contributed by atoms with Crippen LogP contribution in [0.15, 0.2) is 12.1 Å². The fraction of sp³-hybridized carbons (Fsp3) is 0.333. The van der Waals surface area contributed by atoms with Crippen LogP contribution in [0, 0.1) is 20.8 Å². The number of aryl methyl sites for hydroxylation is 2. The summed E-state index contributed by atoms with van der Waals surface area (Å²) in [6, 6.07) is 4.53. The molecule has 0 spiro atoms. The molecule has 0 atom stereocenters. The number of benzene rings is 1. The van der Waals surface area contributed by atoms with Gasteiger partial charge < -0.3 is 0 Å². The summed E-state index contributed by atoms with van der Waals surface area (Å²) in [4.78, 5) is 0. The van der Waals surface area contributed by atoms with Gasteiger partial charge in [-0.2, -0.15) is 0 Å². The lowest BCUT2D eigenvalue weighted by molar-refractivity contribution is 1.32. The average Bonchev–Trinajstić information content (AvgIpc) is 1.82. The van der Waals surface area contributed by atoms with E-state index in [0.29, 0.717) is 0 Å². The van der Waals surface area contributed by atoms with Gasteiger partial charge in [-0.15, -0.1) is 0 Å². The third-order valence-corrected chi connectivity index (χ3v) is 3.11. The van der Waals surface area contributed by atoms with Crippen LogP contribution in [0.1, 0.15) is 16.7 Å². The molecule has 0 aliphatic rings. The second-order valence-corrected chi connectivity index (χ2v) is 4.10. The van der Waals surface area contributed by atoms with E-state index < -0.39 is 0 Å². The monoisotopic (exact) mass is 150 g/mol. The topological polar surface area (TPSA) is 0 Å². The summed E-state index contributed by atoms with van der Waals surface area (Å²) < 4.78 is 0. The van der Waals surface area contributed by atoms with E-state index >= 15 is 0 Å². The van der Waals surface area contributed by atoms with Gasteiger partial charge in [-0.25, -0.2) is 0 Å². The Bertz CT molecular complexity index is 228. The van der Waals surface area contributed by atoms with Crippen LogP contribution in [-0.4, -0.2) is 10.2 Å². The van der Waals surface area contributed by atoms with Crippen molar-refractivity contribution in [3.63, 3.8) is 0 Å². The standard InChI is InChI=1S/C9H14Si/c1-6-4-7(2)8(3)9(10)5-6/h4-5H,1-3,10H3. The van der Waals surface area contributed by atoms with Crippen LogP contribution in [0.3, 0.4) is 0 Å². The van der Waals surface area contributed by atoms with E-state index in [0.717, 1.165) is 0 Å². The van der Waals surface area contributed by atoms with Gasteiger partial charge in [-0.1, -0.05) is 22.9 Å². The zero-order valence-corrected chi connectivity index (χ0v) is 9.15. The minimum absolute atomic E-state index is 1.17. The van der Waals surface area contributed by atoms with Crippen LogP contribution in [-0.2, 0) is 0 Å². The Kier molecular flexibility index (Phi) is 1.95. The highest BCUT2D eigenvalue weighted by Gasteiger charge is 1.95. The van der Waals surface area contributed by atoms with Crippen molar-refractivity contribution in [3.8, 4) is 0 Å². The van der Waals surface area contributed by atoms with Gasteiger partial charge in [-0.05, 0) is 31.9 Å². The molecule has 0 heterocycles. The fourth-order valence-electron chi connectivity index (χ4n) is 1.25. The first kappa shape index (κ1) is 7.54. The van der Waals surface area contributed by atoms with Crippen LogP contribution < -0.4 is 5.19 Å². The van der Waals surface area contributed by atoms with Crippen LogP contribution >= 0.6 is 0 Å². The third kappa shape index (κ3) is 1.29. The van der Waals surface area contributed by atoms with Gasteiger partial charge >= 0.3 is 0 Å². The van der Waals surface area contributed by atoms with E-state index in [1.807, 2.05) is 0 Å². The Morgan fingerprint density at radius 2 is 1.70 bits per heavy atom. The summed E-state index contributed by atoms with van der Waals surface area (Å²) in [5.74, 6) is 0. The molecule has 0 aliphatic heterocycles. The Morgan fingerprint density at radius 3 is 2.20 bits per heavy atom. The maximum Gasteiger partial charge on any atom is 0.0388 e. The normalized spacial score (nSPS) is 10.3. The van der Waals surface area contributed by atoms with Crippen molar-refractivity contribution in [2.75, 3.05) is 0 Å². The van der Waals surface area contributed by atoms with Gasteiger partial charge in [0.2, 0.25) is 0 Å². The van der Waals surface area contributed by atoms with Gasteiger partial charge in [0, 0.05) is 10.2 Å². The molecule has 54 valence electrons. The summed E-state index contributed by atoms with van der Waals surface area (Å²) >= 11 is 0. The highest BCUT2D eigenvalue weighted by molar-refractivity contribution is 6.33. The van der Waals surface area contributed by atoms with Crippen molar-refractivity contribution in [1.29, 1.82) is 0 Å². The molecule has 1 aromatic rings. The Labute approximate surface area is 65.7 Å². The molecule has 0 fully saturated rings. The van der Waals surface area contributed by atoms with Crippen molar-refractivity contribution in [1.82, 2.24) is 0 Å². The number of hydrogen-bond donors (Lipinski definition) is 0. The highest BCUT2D eigenvalue weighted by Crippen LogP contribution is 2.05. The first-order chi connectivity index (χ1) is 4.61. The lowest BCUT2D eigenvalue weighted by Crippen LogP contribution is -2.08. The van der Waals surface area contributed by atoms with Crippen molar-refractivity contribution in [3.05, 3.63) is 28.8 Å². The van der Waals surface area contributed by atoms with Crippen LogP contribution in [0.5, 0.6) is 0 Å². The molecule has 1 rings (SSSR count). The van der Waals surface area contributed by atoms with Crippen LogP contribution in [0.4, 0.5) is 0 Å². The minimum atomic E-state index is 1.17. The van der Waals surface area contributed by atoms with Gasteiger partial charge in [0.25, 0.3) is 0 Å². The SMILES string of the molecule is Cc1cc(C)c(C)c([SiH3])c1. The van der Waals surface area contributed by atoms with Gasteiger partial charge in [0.05, 0.1) is 0 Å². The number of rotatable bonds is 0. The van der Waals surface area contributed by atoms with E-state index in [1.54, 1.807) is 0 Å². The molecular formula is C9H14Si. The van der Waals surface area contributed by atoms with Gasteiger partial charge in [0.1, 0.15) is 0 Å². The largest absolute Gasteiger partial charge is 0.0674 e. The third-order valence-electron chi connectivity index (χ3n) is 2.07. The smallest absolute Gasteiger partial charge is 0.0388 e. The van der Waals surface area contributed by atoms with Gasteiger partial charge in [0.15, 0.2) is 0 Å². The lowest BCUT2D eigenvalue weighted by Gasteiger charge is -2.04. The Hall–Kier alpha value is -0.563. The lowest BCUT2D eigenvalue weighted by atomic mass is 10.1. The number of hydrogen-bond acceptors (Lipinski definition) is 0. The second-order valence-electron chi connectivity index (χ2n) is 3.02. The maximum atomic E-state index is 2.29. The molecule has 0 amide bonds. The molecule has 10 heavy (non-hydrogen) atoms. The molecule has 0 saturated heterocycles. The zero-order chi connectivity index (χ0) is 7.72. The Balaban J connectivity index is 3.31. The predicted octanol–water partition coefficient (Wildman–Crippen LogP) is 0.603. The maximum absolute atomic E-state index is 2.29. The second kappa shape index (κ2) is 2.58. The summed E-state index contributed by atoms with van der Waals surface area (Å²) in [5, 5.41) is 1.54. The van der Waals surface area contributed by atoms with Crippen LogP contribution in [0.2, 0.25) is 0 Å². The first-order valence-corrected chi connectivity index (χ1v) is 4.65. The van der Waals surface area contributed by atoms with Crippen LogP contribution in [0.25, 0.3) is 0 Å². The molecule has 0 radical (unpaired) electrons. The molecule has 0 saturated carbocycles. The van der Waals surface area contributed by atoms with E-state index in [1.165, 1.54) is 32.1 Å². The predicted molar refractivity (Wildman–Crippen MR) is 50.2 cm³/mol.